The fourth-order valence-corrected chi connectivity index (χ4v) is 6.36. The molecule has 0 aliphatic rings. The highest BCUT2D eigenvalue weighted by atomic mass is 16.3. The molecule has 0 saturated carbocycles. The Labute approximate surface area is 259 Å². The highest BCUT2D eigenvalue weighted by molar-refractivity contribution is 6.24. The van der Waals surface area contributed by atoms with E-state index in [9.17, 15) is 0 Å². The first-order valence-electron chi connectivity index (χ1n) is 15.0. The van der Waals surface area contributed by atoms with Crippen LogP contribution in [0.5, 0.6) is 0 Å². The minimum absolute atomic E-state index is 0.898. The number of benzene rings is 5. The average Bonchev–Trinajstić information content (AvgIpc) is 3.51. The van der Waals surface area contributed by atoms with E-state index in [1.807, 2.05) is 54.7 Å². The molecule has 4 nitrogen and oxygen atoms in total. The summed E-state index contributed by atoms with van der Waals surface area (Å²) in [5.41, 5.74) is 11.0. The van der Waals surface area contributed by atoms with E-state index in [1.165, 1.54) is 0 Å². The van der Waals surface area contributed by atoms with Crippen LogP contribution in [0.1, 0.15) is 0 Å². The molecular formula is C41H25N3O. The van der Waals surface area contributed by atoms with Crippen molar-refractivity contribution in [3.05, 3.63) is 152 Å². The Morgan fingerprint density at radius 3 is 1.87 bits per heavy atom. The van der Waals surface area contributed by atoms with Crippen molar-refractivity contribution >= 4 is 43.6 Å². The molecule has 4 heteroatoms. The van der Waals surface area contributed by atoms with Gasteiger partial charge >= 0.3 is 0 Å². The average molecular weight is 576 g/mol. The van der Waals surface area contributed by atoms with Crippen molar-refractivity contribution in [3.8, 4) is 44.9 Å². The number of furan rings is 1. The second-order valence-corrected chi connectivity index (χ2v) is 11.2. The molecule has 0 atom stereocenters. The van der Waals surface area contributed by atoms with Gasteiger partial charge in [0.25, 0.3) is 0 Å². The molecule has 4 heterocycles. The number of nitrogens with zero attached hydrogens (tertiary/aromatic N) is 3. The fourth-order valence-electron chi connectivity index (χ4n) is 6.36. The first kappa shape index (κ1) is 25.4. The Hall–Kier alpha value is -6.13. The van der Waals surface area contributed by atoms with E-state index in [-0.39, 0.29) is 0 Å². The van der Waals surface area contributed by atoms with Crippen molar-refractivity contribution in [2.75, 3.05) is 0 Å². The quantitative estimate of drug-likeness (QED) is 0.196. The molecule has 0 aliphatic heterocycles. The van der Waals surface area contributed by atoms with Crippen LogP contribution < -0.4 is 0 Å². The van der Waals surface area contributed by atoms with Gasteiger partial charge in [-0.1, -0.05) is 97.1 Å². The zero-order valence-electron chi connectivity index (χ0n) is 24.2. The van der Waals surface area contributed by atoms with E-state index in [0.717, 1.165) is 88.5 Å². The number of aromatic nitrogens is 3. The monoisotopic (exact) mass is 575 g/mol. The maximum absolute atomic E-state index is 6.48. The number of pyridine rings is 3. The number of hydrogen-bond acceptors (Lipinski definition) is 4. The molecule has 0 radical (unpaired) electrons. The predicted octanol–water partition coefficient (Wildman–Crippen LogP) is 10.7. The van der Waals surface area contributed by atoms with E-state index >= 15 is 0 Å². The maximum Gasteiger partial charge on any atom is 0.144 e. The predicted molar refractivity (Wildman–Crippen MR) is 184 cm³/mol. The first-order valence-corrected chi connectivity index (χ1v) is 15.0. The minimum atomic E-state index is 0.898. The molecule has 0 N–H and O–H groups in total. The highest BCUT2D eigenvalue weighted by Crippen LogP contribution is 2.40. The van der Waals surface area contributed by atoms with Gasteiger partial charge in [-0.3, -0.25) is 4.98 Å². The number of rotatable bonds is 4. The molecule has 5 aromatic carbocycles. The third-order valence-corrected chi connectivity index (χ3v) is 8.59. The molecule has 210 valence electrons. The third kappa shape index (κ3) is 4.27. The van der Waals surface area contributed by atoms with Gasteiger partial charge in [-0.25, -0.2) is 9.97 Å². The Morgan fingerprint density at radius 2 is 1.09 bits per heavy atom. The van der Waals surface area contributed by atoms with Crippen molar-refractivity contribution in [2.45, 2.75) is 0 Å². The molecule has 0 saturated heterocycles. The topological polar surface area (TPSA) is 51.8 Å². The maximum atomic E-state index is 6.48. The molecule has 9 rings (SSSR count). The zero-order chi connectivity index (χ0) is 29.7. The number of hydrogen-bond donors (Lipinski definition) is 0. The summed E-state index contributed by atoms with van der Waals surface area (Å²) in [4.78, 5) is 14.3. The minimum Gasteiger partial charge on any atom is -0.455 e. The van der Waals surface area contributed by atoms with Gasteiger partial charge in [0.1, 0.15) is 11.2 Å². The SMILES string of the molecule is c1cncc(-c2cccc(-c3ccc(-c4ccc(-c5nc6ccccc6c6c5ccc5c7ccccc7oc56)cc4)cc3)n2)c1. The molecule has 0 amide bonds. The van der Waals surface area contributed by atoms with Gasteiger partial charge in [-0.2, -0.15) is 0 Å². The van der Waals surface area contributed by atoms with E-state index in [4.69, 9.17) is 14.4 Å². The van der Waals surface area contributed by atoms with Gasteiger partial charge in [-0.15, -0.1) is 0 Å². The van der Waals surface area contributed by atoms with Gasteiger partial charge in [0.2, 0.25) is 0 Å². The number of fused-ring (bicyclic) bond motifs is 7. The molecule has 0 unspecified atom stereocenters. The van der Waals surface area contributed by atoms with Crippen LogP contribution in [-0.4, -0.2) is 15.0 Å². The van der Waals surface area contributed by atoms with E-state index in [2.05, 4.69) is 96.0 Å². The lowest BCUT2D eigenvalue weighted by Gasteiger charge is -2.11. The summed E-state index contributed by atoms with van der Waals surface area (Å²) in [5.74, 6) is 0. The fraction of sp³-hybridized carbons (Fsp3) is 0. The lowest BCUT2D eigenvalue weighted by atomic mass is 9.96. The van der Waals surface area contributed by atoms with Crippen molar-refractivity contribution < 1.29 is 4.42 Å². The van der Waals surface area contributed by atoms with Gasteiger partial charge in [-0.05, 0) is 53.6 Å². The summed E-state index contributed by atoms with van der Waals surface area (Å²) in [5, 5.41) is 5.53. The van der Waals surface area contributed by atoms with Gasteiger partial charge < -0.3 is 4.42 Å². The summed E-state index contributed by atoms with van der Waals surface area (Å²) >= 11 is 0. The summed E-state index contributed by atoms with van der Waals surface area (Å²) < 4.78 is 6.48. The molecule has 9 aromatic rings. The van der Waals surface area contributed by atoms with Crippen molar-refractivity contribution in [1.82, 2.24) is 15.0 Å². The summed E-state index contributed by atoms with van der Waals surface area (Å²) in [7, 11) is 0. The van der Waals surface area contributed by atoms with Crippen LogP contribution in [0, 0.1) is 0 Å². The van der Waals surface area contributed by atoms with Crippen molar-refractivity contribution in [1.29, 1.82) is 0 Å². The van der Waals surface area contributed by atoms with Gasteiger partial charge in [0, 0.05) is 56.0 Å². The van der Waals surface area contributed by atoms with Crippen LogP contribution in [0.25, 0.3) is 88.5 Å². The Bertz CT molecular complexity index is 2520. The lowest BCUT2D eigenvalue weighted by molar-refractivity contribution is 0.673. The largest absolute Gasteiger partial charge is 0.455 e. The molecule has 0 bridgehead atoms. The Morgan fingerprint density at radius 1 is 0.422 bits per heavy atom. The van der Waals surface area contributed by atoms with E-state index < -0.39 is 0 Å². The standard InChI is InChI=1S/C41H25N3O/c1-3-10-37-33(9-1)39-34(23-22-32-31-8-2-4-13-38(31)45-41(32)39)40(44-37)29-20-16-27(17-21-29)26-14-18-28(19-15-26)35-11-5-12-36(43-35)30-7-6-24-42-25-30/h1-25H. The zero-order valence-corrected chi connectivity index (χ0v) is 24.2. The molecule has 4 aromatic heterocycles. The molecule has 0 aliphatic carbocycles. The molecule has 45 heavy (non-hydrogen) atoms. The van der Waals surface area contributed by atoms with E-state index in [0.29, 0.717) is 0 Å². The van der Waals surface area contributed by atoms with Crippen LogP contribution in [0.3, 0.4) is 0 Å². The van der Waals surface area contributed by atoms with Gasteiger partial charge in [0.05, 0.1) is 22.6 Å². The molecule has 0 fully saturated rings. The van der Waals surface area contributed by atoms with Crippen molar-refractivity contribution in [2.24, 2.45) is 0 Å². The van der Waals surface area contributed by atoms with E-state index in [1.54, 1.807) is 6.20 Å². The van der Waals surface area contributed by atoms with Crippen LogP contribution in [0.2, 0.25) is 0 Å². The van der Waals surface area contributed by atoms with Crippen LogP contribution in [0.15, 0.2) is 156 Å². The highest BCUT2D eigenvalue weighted by Gasteiger charge is 2.17. The third-order valence-electron chi connectivity index (χ3n) is 8.59. The second kappa shape index (κ2) is 10.2. The number of para-hydroxylation sites is 2. The normalized spacial score (nSPS) is 11.6. The van der Waals surface area contributed by atoms with Gasteiger partial charge in [0.15, 0.2) is 0 Å². The van der Waals surface area contributed by atoms with Crippen LogP contribution in [-0.2, 0) is 0 Å². The Kier molecular flexibility index (Phi) is 5.78. The molecular weight excluding hydrogens is 550 g/mol. The lowest BCUT2D eigenvalue weighted by Crippen LogP contribution is -1.90. The summed E-state index contributed by atoms with van der Waals surface area (Å²) in [6, 6.07) is 48.3. The first-order chi connectivity index (χ1) is 22.3. The van der Waals surface area contributed by atoms with Crippen molar-refractivity contribution in [3.63, 3.8) is 0 Å². The summed E-state index contributed by atoms with van der Waals surface area (Å²) in [6.45, 7) is 0. The molecule has 0 spiro atoms. The smallest absolute Gasteiger partial charge is 0.144 e. The van der Waals surface area contributed by atoms with Crippen LogP contribution >= 0.6 is 0 Å². The Balaban J connectivity index is 1.10. The van der Waals surface area contributed by atoms with Crippen LogP contribution in [0.4, 0.5) is 0 Å². The second-order valence-electron chi connectivity index (χ2n) is 11.2. The summed E-state index contributed by atoms with van der Waals surface area (Å²) in [6.07, 6.45) is 3.62.